The summed E-state index contributed by atoms with van der Waals surface area (Å²) in [7, 11) is 1.68. The number of nitrogens with zero attached hydrogens (tertiary/aromatic N) is 3. The average molecular weight is 366 g/mol. The molecule has 6 nitrogen and oxygen atoms in total. The molecule has 142 valence electrons. The zero-order valence-electron chi connectivity index (χ0n) is 15.7. The van der Waals surface area contributed by atoms with E-state index in [-0.39, 0.29) is 11.9 Å². The van der Waals surface area contributed by atoms with Crippen molar-refractivity contribution < 1.29 is 9.53 Å². The lowest BCUT2D eigenvalue weighted by Gasteiger charge is -2.28. The van der Waals surface area contributed by atoms with Gasteiger partial charge >= 0.3 is 0 Å². The van der Waals surface area contributed by atoms with Gasteiger partial charge in [0, 0.05) is 18.7 Å². The third-order valence-electron chi connectivity index (χ3n) is 5.47. The molecule has 2 heterocycles. The number of carbonyl (C=O) groups is 1. The SMILES string of the molecule is COc1cccc(C(CNC(=O)c2cncnc2C2CC2)N2CCCC2)c1. The molecule has 1 aliphatic carbocycles. The van der Waals surface area contributed by atoms with Gasteiger partial charge in [0.1, 0.15) is 12.1 Å². The molecule has 1 aliphatic heterocycles. The van der Waals surface area contributed by atoms with Gasteiger partial charge in [-0.3, -0.25) is 9.69 Å². The van der Waals surface area contributed by atoms with Crippen LogP contribution in [-0.4, -0.2) is 47.5 Å². The van der Waals surface area contributed by atoms with Gasteiger partial charge in [0.25, 0.3) is 5.91 Å². The zero-order valence-corrected chi connectivity index (χ0v) is 15.7. The summed E-state index contributed by atoms with van der Waals surface area (Å²) in [5.74, 6) is 1.18. The summed E-state index contributed by atoms with van der Waals surface area (Å²) in [5.41, 5.74) is 2.68. The van der Waals surface area contributed by atoms with Gasteiger partial charge in [0.05, 0.1) is 24.4 Å². The van der Waals surface area contributed by atoms with Crippen LogP contribution in [0.2, 0.25) is 0 Å². The first-order valence-corrected chi connectivity index (χ1v) is 9.72. The highest BCUT2D eigenvalue weighted by atomic mass is 16.5. The molecule has 0 radical (unpaired) electrons. The van der Waals surface area contributed by atoms with Crippen molar-refractivity contribution in [1.82, 2.24) is 20.2 Å². The summed E-state index contributed by atoms with van der Waals surface area (Å²) in [5, 5.41) is 3.13. The van der Waals surface area contributed by atoms with E-state index in [4.69, 9.17) is 4.74 Å². The molecule has 0 spiro atoms. The second-order valence-electron chi connectivity index (χ2n) is 7.34. The number of aromatic nitrogens is 2. The van der Waals surface area contributed by atoms with E-state index in [9.17, 15) is 4.79 Å². The third kappa shape index (κ3) is 4.11. The minimum absolute atomic E-state index is 0.0791. The number of amides is 1. The summed E-state index contributed by atoms with van der Waals surface area (Å²) < 4.78 is 5.39. The maximum Gasteiger partial charge on any atom is 0.254 e. The molecule has 1 aromatic carbocycles. The number of hydrogen-bond donors (Lipinski definition) is 1. The van der Waals surface area contributed by atoms with Crippen LogP contribution in [-0.2, 0) is 0 Å². The Hall–Kier alpha value is -2.47. The number of nitrogens with one attached hydrogen (secondary N) is 1. The highest BCUT2D eigenvalue weighted by molar-refractivity contribution is 5.95. The molecule has 4 rings (SSSR count). The fraction of sp³-hybridized carbons (Fsp3) is 0.476. The molecule has 0 bridgehead atoms. The Bertz CT molecular complexity index is 800. The monoisotopic (exact) mass is 366 g/mol. The number of methoxy groups -OCH3 is 1. The Labute approximate surface area is 160 Å². The van der Waals surface area contributed by atoms with Gasteiger partial charge in [-0.15, -0.1) is 0 Å². The second-order valence-corrected chi connectivity index (χ2v) is 7.34. The summed E-state index contributed by atoms with van der Waals surface area (Å²) >= 11 is 0. The lowest BCUT2D eigenvalue weighted by Crippen LogP contribution is -2.37. The Morgan fingerprint density at radius 2 is 2.15 bits per heavy atom. The minimum Gasteiger partial charge on any atom is -0.497 e. The predicted molar refractivity (Wildman–Crippen MR) is 103 cm³/mol. The van der Waals surface area contributed by atoms with Crippen LogP contribution in [0.25, 0.3) is 0 Å². The Morgan fingerprint density at radius 3 is 2.89 bits per heavy atom. The highest BCUT2D eigenvalue weighted by Crippen LogP contribution is 2.40. The van der Waals surface area contributed by atoms with Crippen molar-refractivity contribution in [2.24, 2.45) is 0 Å². The van der Waals surface area contributed by atoms with E-state index < -0.39 is 0 Å². The molecule has 1 N–H and O–H groups in total. The summed E-state index contributed by atoms with van der Waals surface area (Å²) in [4.78, 5) is 23.7. The molecule has 1 unspecified atom stereocenters. The molecule has 1 aromatic heterocycles. The molecular weight excluding hydrogens is 340 g/mol. The van der Waals surface area contributed by atoms with Gasteiger partial charge in [-0.05, 0) is 56.5 Å². The van der Waals surface area contributed by atoms with E-state index in [1.807, 2.05) is 12.1 Å². The standard InChI is InChI=1S/C21H26N4O2/c1-27-17-6-4-5-16(11-17)19(25-9-2-3-10-25)13-23-21(26)18-12-22-14-24-20(18)15-7-8-15/h4-6,11-12,14-15,19H,2-3,7-10,13H2,1H3,(H,23,26). The van der Waals surface area contributed by atoms with Crippen molar-refractivity contribution >= 4 is 5.91 Å². The Balaban J connectivity index is 1.51. The lowest BCUT2D eigenvalue weighted by atomic mass is 10.0. The molecule has 2 aliphatic rings. The first kappa shape index (κ1) is 17.9. The van der Waals surface area contributed by atoms with Crippen LogP contribution in [0.15, 0.2) is 36.8 Å². The van der Waals surface area contributed by atoms with Crippen molar-refractivity contribution in [3.8, 4) is 5.75 Å². The van der Waals surface area contributed by atoms with E-state index in [0.717, 1.165) is 37.4 Å². The van der Waals surface area contributed by atoms with Gasteiger partial charge in [0.2, 0.25) is 0 Å². The van der Waals surface area contributed by atoms with Gasteiger partial charge in [0.15, 0.2) is 0 Å². The van der Waals surface area contributed by atoms with E-state index in [1.165, 1.54) is 24.7 Å². The molecule has 27 heavy (non-hydrogen) atoms. The molecule has 2 fully saturated rings. The van der Waals surface area contributed by atoms with Crippen LogP contribution in [0.3, 0.4) is 0 Å². The molecule has 6 heteroatoms. The Kier molecular flexibility index (Phi) is 5.34. The van der Waals surface area contributed by atoms with Crippen molar-refractivity contribution in [2.75, 3.05) is 26.7 Å². The largest absolute Gasteiger partial charge is 0.497 e. The first-order chi connectivity index (χ1) is 13.3. The topological polar surface area (TPSA) is 67.3 Å². The molecular formula is C21H26N4O2. The maximum absolute atomic E-state index is 12.8. The van der Waals surface area contributed by atoms with Crippen molar-refractivity contribution in [2.45, 2.75) is 37.6 Å². The average Bonchev–Trinajstić information content (AvgIpc) is 3.43. The highest BCUT2D eigenvalue weighted by Gasteiger charge is 2.30. The van der Waals surface area contributed by atoms with Crippen LogP contribution in [0.5, 0.6) is 5.75 Å². The van der Waals surface area contributed by atoms with E-state index in [2.05, 4.69) is 32.3 Å². The zero-order chi connectivity index (χ0) is 18.6. The summed E-state index contributed by atoms with van der Waals surface area (Å²) in [6.07, 6.45) is 7.80. The second kappa shape index (κ2) is 8.05. The smallest absolute Gasteiger partial charge is 0.254 e. The van der Waals surface area contributed by atoms with Crippen LogP contribution >= 0.6 is 0 Å². The van der Waals surface area contributed by atoms with Gasteiger partial charge in [-0.1, -0.05) is 12.1 Å². The molecule has 2 aromatic rings. The van der Waals surface area contributed by atoms with Crippen molar-refractivity contribution in [3.63, 3.8) is 0 Å². The predicted octanol–water partition coefficient (Wildman–Crippen LogP) is 2.93. The lowest BCUT2D eigenvalue weighted by molar-refractivity contribution is 0.0936. The van der Waals surface area contributed by atoms with Crippen LogP contribution in [0.1, 0.15) is 59.3 Å². The number of carbonyl (C=O) groups excluding carboxylic acids is 1. The Morgan fingerprint density at radius 1 is 1.33 bits per heavy atom. The van der Waals surface area contributed by atoms with Crippen LogP contribution < -0.4 is 10.1 Å². The van der Waals surface area contributed by atoms with Crippen LogP contribution in [0.4, 0.5) is 0 Å². The third-order valence-corrected chi connectivity index (χ3v) is 5.47. The summed E-state index contributed by atoms with van der Waals surface area (Å²) in [6.45, 7) is 2.67. The van der Waals surface area contributed by atoms with Crippen LogP contribution in [0, 0.1) is 0 Å². The minimum atomic E-state index is -0.0791. The van der Waals surface area contributed by atoms with Crippen molar-refractivity contribution in [1.29, 1.82) is 0 Å². The van der Waals surface area contributed by atoms with E-state index >= 15 is 0 Å². The van der Waals surface area contributed by atoms with Crippen molar-refractivity contribution in [3.05, 3.63) is 53.6 Å². The maximum atomic E-state index is 12.8. The van der Waals surface area contributed by atoms with E-state index in [0.29, 0.717) is 18.0 Å². The quantitative estimate of drug-likeness (QED) is 0.816. The summed E-state index contributed by atoms with van der Waals surface area (Å²) in [6, 6.07) is 8.28. The molecule has 1 saturated heterocycles. The molecule has 1 atom stereocenters. The molecule has 1 amide bonds. The number of benzene rings is 1. The van der Waals surface area contributed by atoms with Gasteiger partial charge in [-0.2, -0.15) is 0 Å². The number of rotatable bonds is 7. The normalized spacial score (nSPS) is 18.3. The number of hydrogen-bond acceptors (Lipinski definition) is 5. The van der Waals surface area contributed by atoms with Gasteiger partial charge in [-0.25, -0.2) is 9.97 Å². The first-order valence-electron chi connectivity index (χ1n) is 9.72. The van der Waals surface area contributed by atoms with Gasteiger partial charge < -0.3 is 10.1 Å². The number of ether oxygens (including phenoxy) is 1. The fourth-order valence-corrected chi connectivity index (χ4v) is 3.84. The fourth-order valence-electron chi connectivity index (χ4n) is 3.84. The number of likely N-dealkylation sites (tertiary alicyclic amines) is 1. The molecule has 1 saturated carbocycles. The van der Waals surface area contributed by atoms with E-state index in [1.54, 1.807) is 13.3 Å².